The molecule has 0 saturated heterocycles. The molecule has 10 heteroatoms. The maximum atomic E-state index is 10.7. The first-order chi connectivity index (χ1) is 9.43. The molecular formula is C10H7ClN4O5. The molecule has 0 amide bonds. The van der Waals surface area contributed by atoms with Crippen LogP contribution >= 0.6 is 11.6 Å². The van der Waals surface area contributed by atoms with Gasteiger partial charge >= 0.3 is 5.12 Å². The van der Waals surface area contributed by atoms with Gasteiger partial charge in [-0.05, 0) is 0 Å². The Morgan fingerprint density at radius 2 is 1.80 bits per heavy atom. The van der Waals surface area contributed by atoms with E-state index in [0.29, 0.717) is 5.56 Å². The van der Waals surface area contributed by atoms with Crippen molar-refractivity contribution in [2.45, 2.75) is 11.5 Å². The molecule has 0 N–H and O–H groups in total. The Balaban J connectivity index is 2.26. The maximum Gasteiger partial charge on any atom is 0.545 e. The lowest BCUT2D eigenvalue weighted by atomic mass is 10.2. The van der Waals surface area contributed by atoms with Gasteiger partial charge in [0, 0.05) is 17.2 Å². The Kier molecular flexibility index (Phi) is 3.61. The SMILES string of the molecule is O=[N+]([O-])C(Cl)(Cc1nc(-c2ccccc2)no1)[N+](=O)[O-]. The van der Waals surface area contributed by atoms with Gasteiger partial charge in [-0.1, -0.05) is 35.5 Å². The number of aromatic nitrogens is 2. The van der Waals surface area contributed by atoms with Gasteiger partial charge in [-0.3, -0.25) is 20.2 Å². The smallest absolute Gasteiger partial charge is 0.338 e. The molecule has 0 atom stereocenters. The fraction of sp³-hybridized carbons (Fsp3) is 0.200. The summed E-state index contributed by atoms with van der Waals surface area (Å²) in [5, 5.41) is 22.1. The zero-order valence-electron chi connectivity index (χ0n) is 9.80. The van der Waals surface area contributed by atoms with Crippen LogP contribution in [-0.2, 0) is 6.42 Å². The van der Waals surface area contributed by atoms with E-state index in [1.807, 2.05) is 0 Å². The first kappa shape index (κ1) is 13.9. The van der Waals surface area contributed by atoms with Crippen molar-refractivity contribution in [3.8, 4) is 11.4 Å². The Labute approximate surface area is 116 Å². The van der Waals surface area contributed by atoms with Gasteiger partial charge in [0.1, 0.15) is 9.85 Å². The molecule has 0 unspecified atom stereocenters. The highest BCUT2D eigenvalue weighted by molar-refractivity contribution is 6.21. The number of rotatable bonds is 5. The van der Waals surface area contributed by atoms with Crippen LogP contribution in [0.5, 0.6) is 0 Å². The van der Waals surface area contributed by atoms with E-state index in [2.05, 4.69) is 10.1 Å². The lowest BCUT2D eigenvalue weighted by Crippen LogP contribution is -2.42. The largest absolute Gasteiger partial charge is 0.545 e. The molecule has 20 heavy (non-hydrogen) atoms. The quantitative estimate of drug-likeness (QED) is 0.270. The first-order valence-corrected chi connectivity index (χ1v) is 5.67. The van der Waals surface area contributed by atoms with Gasteiger partial charge in [0.25, 0.3) is 0 Å². The van der Waals surface area contributed by atoms with E-state index in [4.69, 9.17) is 16.1 Å². The second kappa shape index (κ2) is 5.21. The van der Waals surface area contributed by atoms with Gasteiger partial charge < -0.3 is 4.52 Å². The highest BCUT2D eigenvalue weighted by Gasteiger charge is 2.56. The Bertz CT molecular complexity index is 630. The summed E-state index contributed by atoms with van der Waals surface area (Å²) in [4.78, 5) is 22.8. The number of halogens is 1. The van der Waals surface area contributed by atoms with E-state index in [0.717, 1.165) is 0 Å². The summed E-state index contributed by atoms with van der Waals surface area (Å²) in [6.45, 7) is 0. The Morgan fingerprint density at radius 3 is 2.35 bits per heavy atom. The van der Waals surface area contributed by atoms with Gasteiger partial charge in [0.05, 0.1) is 0 Å². The predicted molar refractivity (Wildman–Crippen MR) is 66.0 cm³/mol. The van der Waals surface area contributed by atoms with Crippen LogP contribution in [0.1, 0.15) is 5.89 Å². The van der Waals surface area contributed by atoms with Crippen molar-refractivity contribution in [3.63, 3.8) is 0 Å². The standard InChI is InChI=1S/C10H7ClN4O5/c11-10(14(16)17,15(18)19)6-8-12-9(13-20-8)7-4-2-1-3-5-7/h1-5H,6H2. The summed E-state index contributed by atoms with van der Waals surface area (Å²) < 4.78 is 4.76. The lowest BCUT2D eigenvalue weighted by molar-refractivity contribution is -0.766. The Morgan fingerprint density at radius 1 is 1.20 bits per heavy atom. The highest BCUT2D eigenvalue weighted by atomic mass is 35.5. The van der Waals surface area contributed by atoms with Crippen LogP contribution < -0.4 is 0 Å². The first-order valence-electron chi connectivity index (χ1n) is 5.29. The number of nitro groups is 2. The van der Waals surface area contributed by atoms with Crippen LogP contribution in [0.3, 0.4) is 0 Å². The number of benzene rings is 1. The lowest BCUT2D eigenvalue weighted by Gasteiger charge is -2.06. The molecule has 0 fully saturated rings. The van der Waals surface area contributed by atoms with E-state index in [-0.39, 0.29) is 11.7 Å². The fourth-order valence-corrected chi connectivity index (χ4v) is 1.53. The molecule has 0 saturated carbocycles. The zero-order valence-corrected chi connectivity index (χ0v) is 10.6. The van der Waals surface area contributed by atoms with Gasteiger partial charge in [-0.15, -0.1) is 0 Å². The van der Waals surface area contributed by atoms with Crippen LogP contribution in [-0.4, -0.2) is 25.1 Å². The zero-order chi connectivity index (χ0) is 14.8. The third-order valence-corrected chi connectivity index (χ3v) is 2.85. The van der Waals surface area contributed by atoms with Crippen molar-refractivity contribution in [3.05, 3.63) is 56.5 Å². The molecule has 2 aromatic rings. The molecule has 2 rings (SSSR count). The van der Waals surface area contributed by atoms with Crippen LogP contribution in [0.25, 0.3) is 11.4 Å². The van der Waals surface area contributed by atoms with Crippen LogP contribution in [0.2, 0.25) is 0 Å². The van der Waals surface area contributed by atoms with Crippen molar-refractivity contribution in [1.29, 1.82) is 0 Å². The molecular weight excluding hydrogens is 292 g/mol. The molecule has 9 nitrogen and oxygen atoms in total. The third-order valence-electron chi connectivity index (χ3n) is 2.44. The number of nitrogens with zero attached hydrogens (tertiary/aromatic N) is 4. The van der Waals surface area contributed by atoms with E-state index in [1.165, 1.54) is 0 Å². The summed E-state index contributed by atoms with van der Waals surface area (Å²) >= 11 is 5.37. The minimum atomic E-state index is -2.92. The highest BCUT2D eigenvalue weighted by Crippen LogP contribution is 2.23. The van der Waals surface area contributed by atoms with Crippen molar-refractivity contribution in [1.82, 2.24) is 10.1 Å². The molecule has 1 aromatic heterocycles. The van der Waals surface area contributed by atoms with Crippen LogP contribution in [0.4, 0.5) is 0 Å². The van der Waals surface area contributed by atoms with Crippen LogP contribution in [0, 0.1) is 20.2 Å². The number of alkyl halides is 1. The summed E-state index contributed by atoms with van der Waals surface area (Å²) in [6, 6.07) is 8.66. The minimum absolute atomic E-state index is 0.173. The monoisotopic (exact) mass is 298 g/mol. The maximum absolute atomic E-state index is 10.7. The van der Waals surface area contributed by atoms with Crippen molar-refractivity contribution in [2.24, 2.45) is 0 Å². The molecule has 0 radical (unpaired) electrons. The topological polar surface area (TPSA) is 125 Å². The summed E-state index contributed by atoms with van der Waals surface area (Å²) in [5.74, 6) is -0.112. The molecule has 0 aliphatic heterocycles. The van der Waals surface area contributed by atoms with Crippen molar-refractivity contribution in [2.75, 3.05) is 0 Å². The molecule has 104 valence electrons. The number of hydrogen-bond acceptors (Lipinski definition) is 7. The molecule has 0 spiro atoms. The summed E-state index contributed by atoms with van der Waals surface area (Å²) in [5.41, 5.74) is 0.616. The Hall–Kier alpha value is -2.55. The molecule has 0 aliphatic rings. The van der Waals surface area contributed by atoms with E-state index in [9.17, 15) is 20.2 Å². The molecule has 1 aromatic carbocycles. The normalized spacial score (nSPS) is 11.2. The van der Waals surface area contributed by atoms with Gasteiger partial charge in [-0.25, -0.2) is 0 Å². The van der Waals surface area contributed by atoms with E-state index < -0.39 is 21.4 Å². The predicted octanol–water partition coefficient (Wildman–Crippen LogP) is 1.73. The van der Waals surface area contributed by atoms with Gasteiger partial charge in [-0.2, -0.15) is 4.98 Å². The summed E-state index contributed by atoms with van der Waals surface area (Å²) in [6.07, 6.45) is -0.811. The second-order valence-corrected chi connectivity index (χ2v) is 4.39. The van der Waals surface area contributed by atoms with E-state index >= 15 is 0 Å². The third kappa shape index (κ3) is 2.57. The van der Waals surface area contributed by atoms with Crippen molar-refractivity contribution >= 4 is 11.6 Å². The van der Waals surface area contributed by atoms with E-state index in [1.54, 1.807) is 30.3 Å². The van der Waals surface area contributed by atoms with Gasteiger partial charge in [0.15, 0.2) is 6.42 Å². The number of hydrogen-bond donors (Lipinski definition) is 0. The minimum Gasteiger partial charge on any atom is -0.338 e. The van der Waals surface area contributed by atoms with Gasteiger partial charge in [0.2, 0.25) is 11.7 Å². The second-order valence-electron chi connectivity index (χ2n) is 3.79. The molecule has 1 heterocycles. The fourth-order valence-electron chi connectivity index (χ4n) is 1.42. The summed E-state index contributed by atoms with van der Waals surface area (Å²) in [7, 11) is 0. The average Bonchev–Trinajstić information content (AvgIpc) is 2.87. The molecule has 0 bridgehead atoms. The molecule has 0 aliphatic carbocycles. The average molecular weight is 299 g/mol. The van der Waals surface area contributed by atoms with Crippen LogP contribution in [0.15, 0.2) is 34.9 Å². The van der Waals surface area contributed by atoms with Crippen molar-refractivity contribution < 1.29 is 14.4 Å².